The van der Waals surface area contributed by atoms with Gasteiger partial charge >= 0.3 is 0 Å². The molecule has 1 saturated carbocycles. The molecule has 1 N–H and O–H groups in total. The number of rotatable bonds is 4. The van der Waals surface area contributed by atoms with Crippen LogP contribution in [0.4, 0.5) is 5.69 Å². The van der Waals surface area contributed by atoms with Crippen LogP contribution in [-0.2, 0) is 0 Å². The number of amides is 1. The molecular formula is C19H21N5O2. The fourth-order valence-electron chi connectivity index (χ4n) is 3.30. The number of hydrogen-bond donors (Lipinski definition) is 1. The van der Waals surface area contributed by atoms with E-state index in [1.54, 1.807) is 4.52 Å². The Bertz CT molecular complexity index is 960. The summed E-state index contributed by atoms with van der Waals surface area (Å²) < 4.78 is 7.55. The van der Waals surface area contributed by atoms with Crippen molar-refractivity contribution < 1.29 is 9.53 Å². The lowest BCUT2D eigenvalue weighted by Crippen LogP contribution is -2.15. The summed E-state index contributed by atoms with van der Waals surface area (Å²) in [4.78, 5) is 21.1. The van der Waals surface area contributed by atoms with Gasteiger partial charge in [0.05, 0.1) is 6.10 Å². The van der Waals surface area contributed by atoms with E-state index in [2.05, 4.69) is 20.4 Å². The molecule has 134 valence electrons. The van der Waals surface area contributed by atoms with Crippen molar-refractivity contribution in [2.75, 3.05) is 5.32 Å². The molecule has 1 aliphatic rings. The first-order valence-electron chi connectivity index (χ1n) is 8.87. The van der Waals surface area contributed by atoms with Gasteiger partial charge in [0.1, 0.15) is 5.75 Å². The highest BCUT2D eigenvalue weighted by molar-refractivity contribution is 6.01. The molecule has 3 aromatic rings. The first-order chi connectivity index (χ1) is 12.6. The molecule has 0 aliphatic heterocycles. The Morgan fingerprint density at radius 1 is 1.19 bits per heavy atom. The first kappa shape index (κ1) is 16.5. The monoisotopic (exact) mass is 351 g/mol. The molecule has 0 bridgehead atoms. The minimum absolute atomic E-state index is 0.0910. The predicted octanol–water partition coefficient (Wildman–Crippen LogP) is 3.31. The molecule has 2 heterocycles. The summed E-state index contributed by atoms with van der Waals surface area (Å²) in [5, 5.41) is 7.09. The van der Waals surface area contributed by atoms with E-state index in [1.165, 1.54) is 12.8 Å². The molecule has 7 nitrogen and oxygen atoms in total. The zero-order valence-corrected chi connectivity index (χ0v) is 14.9. The third-order valence-corrected chi connectivity index (χ3v) is 4.52. The van der Waals surface area contributed by atoms with E-state index in [0.29, 0.717) is 11.5 Å². The van der Waals surface area contributed by atoms with Crippen LogP contribution >= 0.6 is 0 Å². The van der Waals surface area contributed by atoms with Crippen LogP contribution in [0.2, 0.25) is 0 Å². The number of anilines is 1. The first-order valence-corrected chi connectivity index (χ1v) is 8.87. The van der Waals surface area contributed by atoms with Crippen molar-refractivity contribution in [1.29, 1.82) is 0 Å². The SMILES string of the molecule is Cc1cc(C)n2nc(C(=O)Nc3cccc(OC4CCCC4)c3)nc2n1. The number of aromatic nitrogens is 4. The molecule has 2 aromatic heterocycles. The van der Waals surface area contributed by atoms with Gasteiger partial charge in [-0.25, -0.2) is 9.50 Å². The van der Waals surface area contributed by atoms with E-state index in [1.807, 2.05) is 44.2 Å². The number of ether oxygens (including phenoxy) is 1. The largest absolute Gasteiger partial charge is 0.490 e. The summed E-state index contributed by atoms with van der Waals surface area (Å²) in [7, 11) is 0. The Kier molecular flexibility index (Phi) is 4.28. The smallest absolute Gasteiger partial charge is 0.295 e. The van der Waals surface area contributed by atoms with Gasteiger partial charge < -0.3 is 10.1 Å². The van der Waals surface area contributed by atoms with Gasteiger partial charge in [-0.15, -0.1) is 5.10 Å². The molecule has 26 heavy (non-hydrogen) atoms. The molecule has 0 spiro atoms. The fourth-order valence-corrected chi connectivity index (χ4v) is 3.30. The zero-order chi connectivity index (χ0) is 18.1. The van der Waals surface area contributed by atoms with Crippen LogP contribution in [0.3, 0.4) is 0 Å². The Morgan fingerprint density at radius 2 is 2.00 bits per heavy atom. The van der Waals surface area contributed by atoms with Crippen LogP contribution in [0.15, 0.2) is 30.3 Å². The second kappa shape index (κ2) is 6.74. The van der Waals surface area contributed by atoms with Crippen LogP contribution in [0.25, 0.3) is 5.78 Å². The van der Waals surface area contributed by atoms with Gasteiger partial charge in [-0.1, -0.05) is 6.07 Å². The average Bonchev–Trinajstić information content (AvgIpc) is 3.24. The fraction of sp³-hybridized carbons (Fsp3) is 0.368. The lowest BCUT2D eigenvalue weighted by molar-refractivity contribution is 0.101. The number of carbonyl (C=O) groups is 1. The summed E-state index contributed by atoms with van der Waals surface area (Å²) >= 11 is 0. The minimum Gasteiger partial charge on any atom is -0.490 e. The number of carbonyl (C=O) groups excluding carboxylic acids is 1. The van der Waals surface area contributed by atoms with E-state index in [0.717, 1.165) is 30.0 Å². The molecule has 1 fully saturated rings. The normalized spacial score (nSPS) is 14.7. The molecule has 1 amide bonds. The van der Waals surface area contributed by atoms with Crippen LogP contribution in [0.5, 0.6) is 5.75 Å². The highest BCUT2D eigenvalue weighted by Gasteiger charge is 2.18. The highest BCUT2D eigenvalue weighted by atomic mass is 16.5. The average molecular weight is 351 g/mol. The van der Waals surface area contributed by atoms with Crippen LogP contribution < -0.4 is 10.1 Å². The molecule has 7 heteroatoms. The van der Waals surface area contributed by atoms with Crippen molar-refractivity contribution in [2.45, 2.75) is 45.6 Å². The van der Waals surface area contributed by atoms with Crippen molar-refractivity contribution in [3.05, 3.63) is 47.5 Å². The number of nitrogens with zero attached hydrogens (tertiary/aromatic N) is 4. The second-order valence-electron chi connectivity index (χ2n) is 6.69. The minimum atomic E-state index is -0.370. The summed E-state index contributed by atoms with van der Waals surface area (Å²) in [6.45, 7) is 3.79. The van der Waals surface area contributed by atoms with Crippen molar-refractivity contribution in [2.24, 2.45) is 0 Å². The van der Waals surface area contributed by atoms with Crippen molar-refractivity contribution >= 4 is 17.4 Å². The van der Waals surface area contributed by atoms with E-state index >= 15 is 0 Å². The summed E-state index contributed by atoms with van der Waals surface area (Å²) in [6.07, 6.45) is 4.89. The lowest BCUT2D eigenvalue weighted by Gasteiger charge is -2.13. The Labute approximate surface area is 151 Å². The van der Waals surface area contributed by atoms with Crippen LogP contribution in [0, 0.1) is 13.8 Å². The van der Waals surface area contributed by atoms with Gasteiger partial charge in [-0.3, -0.25) is 4.79 Å². The lowest BCUT2D eigenvalue weighted by atomic mass is 10.2. The van der Waals surface area contributed by atoms with Crippen molar-refractivity contribution in [3.8, 4) is 5.75 Å². The van der Waals surface area contributed by atoms with Gasteiger partial charge in [0.15, 0.2) is 0 Å². The number of fused-ring (bicyclic) bond motifs is 1. The van der Waals surface area contributed by atoms with Crippen molar-refractivity contribution in [3.63, 3.8) is 0 Å². The maximum atomic E-state index is 12.5. The van der Waals surface area contributed by atoms with Gasteiger partial charge in [-0.05, 0) is 57.7 Å². The summed E-state index contributed by atoms with van der Waals surface area (Å²) in [5.41, 5.74) is 2.38. The number of benzene rings is 1. The van der Waals surface area contributed by atoms with Crippen LogP contribution in [-0.4, -0.2) is 31.6 Å². The number of aryl methyl sites for hydroxylation is 2. The van der Waals surface area contributed by atoms with Gasteiger partial charge in [0.2, 0.25) is 5.82 Å². The zero-order valence-electron chi connectivity index (χ0n) is 14.9. The van der Waals surface area contributed by atoms with E-state index in [9.17, 15) is 4.79 Å². The third-order valence-electron chi connectivity index (χ3n) is 4.52. The quantitative estimate of drug-likeness (QED) is 0.780. The Morgan fingerprint density at radius 3 is 2.81 bits per heavy atom. The Balaban J connectivity index is 1.51. The molecular weight excluding hydrogens is 330 g/mol. The topological polar surface area (TPSA) is 81.4 Å². The second-order valence-corrected chi connectivity index (χ2v) is 6.69. The summed E-state index contributed by atoms with van der Waals surface area (Å²) in [5.74, 6) is 0.913. The molecule has 0 atom stereocenters. The molecule has 0 radical (unpaired) electrons. The van der Waals surface area contributed by atoms with E-state index < -0.39 is 0 Å². The summed E-state index contributed by atoms with van der Waals surface area (Å²) in [6, 6.07) is 9.33. The van der Waals surface area contributed by atoms with Crippen LogP contribution in [0.1, 0.15) is 47.7 Å². The molecule has 1 aliphatic carbocycles. The number of nitrogens with one attached hydrogen (secondary N) is 1. The van der Waals surface area contributed by atoms with Crippen molar-refractivity contribution in [1.82, 2.24) is 19.6 Å². The number of hydrogen-bond acceptors (Lipinski definition) is 5. The Hall–Kier alpha value is -2.96. The molecule has 0 unspecified atom stereocenters. The van der Waals surface area contributed by atoms with Gasteiger partial charge in [-0.2, -0.15) is 4.98 Å². The van der Waals surface area contributed by atoms with Gasteiger partial charge in [0, 0.05) is 23.1 Å². The molecule has 1 aromatic carbocycles. The maximum absolute atomic E-state index is 12.5. The molecule has 4 rings (SSSR count). The highest BCUT2D eigenvalue weighted by Crippen LogP contribution is 2.25. The maximum Gasteiger partial charge on any atom is 0.295 e. The standard InChI is InChI=1S/C19H21N5O2/c1-12-10-13(2)24-19(20-12)22-17(23-24)18(25)21-14-6-5-9-16(11-14)26-15-7-3-4-8-15/h5-6,9-11,15H,3-4,7-8H2,1-2H3,(H,21,25). The van der Waals surface area contributed by atoms with E-state index in [-0.39, 0.29) is 17.8 Å². The van der Waals surface area contributed by atoms with Gasteiger partial charge in [0.25, 0.3) is 11.7 Å². The van der Waals surface area contributed by atoms with E-state index in [4.69, 9.17) is 4.74 Å². The third kappa shape index (κ3) is 3.37. The molecule has 0 saturated heterocycles. The predicted molar refractivity (Wildman–Crippen MR) is 97.5 cm³/mol.